The molecule has 1 aliphatic heterocycles. The lowest BCUT2D eigenvalue weighted by molar-refractivity contribution is -0.170. The molecule has 0 aromatic heterocycles. The highest BCUT2D eigenvalue weighted by molar-refractivity contribution is 6.02. The topological polar surface area (TPSA) is 64.2 Å². The summed E-state index contributed by atoms with van der Waals surface area (Å²) in [5.41, 5.74) is 2.06. The molecular formula is C27H33F3N4O3. The zero-order valence-electron chi connectivity index (χ0n) is 21.4. The van der Waals surface area contributed by atoms with Crippen molar-refractivity contribution in [1.82, 2.24) is 14.7 Å². The molecule has 2 aromatic rings. The number of hydrogen-bond acceptors (Lipinski definition) is 4. The van der Waals surface area contributed by atoms with Gasteiger partial charge in [-0.3, -0.25) is 19.3 Å². The molecule has 0 saturated carbocycles. The summed E-state index contributed by atoms with van der Waals surface area (Å²) in [5, 5.41) is 0. The number of amides is 3. The Bertz CT molecular complexity index is 1110. The first-order valence-corrected chi connectivity index (χ1v) is 12.2. The van der Waals surface area contributed by atoms with E-state index >= 15 is 0 Å². The lowest BCUT2D eigenvalue weighted by atomic mass is 9.97. The first-order valence-electron chi connectivity index (χ1n) is 12.2. The summed E-state index contributed by atoms with van der Waals surface area (Å²) in [6.45, 7) is 2.47. The van der Waals surface area contributed by atoms with Gasteiger partial charge in [0.2, 0.25) is 11.8 Å². The van der Waals surface area contributed by atoms with Crippen molar-refractivity contribution in [3.8, 4) is 0 Å². The Morgan fingerprint density at radius 2 is 1.68 bits per heavy atom. The molecule has 200 valence electrons. The van der Waals surface area contributed by atoms with E-state index in [-0.39, 0.29) is 37.6 Å². The van der Waals surface area contributed by atoms with Gasteiger partial charge in [0.1, 0.15) is 6.54 Å². The second-order valence-corrected chi connectivity index (χ2v) is 9.33. The van der Waals surface area contributed by atoms with Gasteiger partial charge in [-0.15, -0.1) is 0 Å². The fourth-order valence-electron chi connectivity index (χ4n) is 4.32. The smallest absolute Gasteiger partial charge is 0.338 e. The number of rotatable bonds is 9. The third-order valence-corrected chi connectivity index (χ3v) is 6.36. The summed E-state index contributed by atoms with van der Waals surface area (Å²) in [6, 6.07) is 13.9. The van der Waals surface area contributed by atoms with E-state index in [2.05, 4.69) is 0 Å². The minimum atomic E-state index is -5.18. The third kappa shape index (κ3) is 7.31. The van der Waals surface area contributed by atoms with Crippen LogP contribution in [0.4, 0.5) is 18.9 Å². The molecule has 1 heterocycles. The average Bonchev–Trinajstić information content (AvgIpc) is 2.88. The Morgan fingerprint density at radius 3 is 2.30 bits per heavy atom. The van der Waals surface area contributed by atoms with Gasteiger partial charge in [0.05, 0.1) is 0 Å². The van der Waals surface area contributed by atoms with E-state index in [1.165, 1.54) is 11.0 Å². The molecular weight excluding hydrogens is 485 g/mol. The Balaban J connectivity index is 1.96. The van der Waals surface area contributed by atoms with Crippen LogP contribution in [0.5, 0.6) is 0 Å². The number of hydrogen-bond donors (Lipinski definition) is 0. The highest BCUT2D eigenvalue weighted by Gasteiger charge is 2.45. The van der Waals surface area contributed by atoms with Gasteiger partial charge in [-0.05, 0) is 43.3 Å². The van der Waals surface area contributed by atoms with E-state index < -0.39 is 24.5 Å². The van der Waals surface area contributed by atoms with Gasteiger partial charge < -0.3 is 14.7 Å². The summed E-state index contributed by atoms with van der Waals surface area (Å²) >= 11 is 0. The Morgan fingerprint density at radius 1 is 0.973 bits per heavy atom. The van der Waals surface area contributed by atoms with Crippen LogP contribution in [-0.4, -0.2) is 78.9 Å². The zero-order valence-corrected chi connectivity index (χ0v) is 21.4. The van der Waals surface area contributed by atoms with E-state index in [9.17, 15) is 27.6 Å². The van der Waals surface area contributed by atoms with Crippen molar-refractivity contribution in [2.75, 3.05) is 45.2 Å². The van der Waals surface area contributed by atoms with Gasteiger partial charge in [-0.25, -0.2) is 0 Å². The van der Waals surface area contributed by atoms with Crippen molar-refractivity contribution in [1.29, 1.82) is 0 Å². The molecule has 0 N–H and O–H groups in total. The Hall–Kier alpha value is -3.40. The first kappa shape index (κ1) is 28.2. The van der Waals surface area contributed by atoms with Gasteiger partial charge in [0, 0.05) is 44.8 Å². The molecule has 0 spiro atoms. The number of carbonyl (C=O) groups is 3. The third-order valence-electron chi connectivity index (χ3n) is 6.36. The van der Waals surface area contributed by atoms with Gasteiger partial charge in [-0.1, -0.05) is 49.4 Å². The van der Waals surface area contributed by atoms with Gasteiger partial charge in [0.25, 0.3) is 0 Å². The van der Waals surface area contributed by atoms with Crippen molar-refractivity contribution in [3.05, 3.63) is 65.2 Å². The SMILES string of the molecule is CCC(=O)N1CCc2cccc(N(CC(=O)N(CCN(C)C)Cc3ccccc3)C(=O)C(F)(F)F)c2C1. The highest BCUT2D eigenvalue weighted by atomic mass is 19.4. The average molecular weight is 519 g/mol. The normalized spacial score (nSPS) is 13.3. The number of alkyl halides is 3. The number of benzene rings is 2. The van der Waals surface area contributed by atoms with E-state index in [0.717, 1.165) is 11.1 Å². The molecule has 1 aliphatic rings. The lowest BCUT2D eigenvalue weighted by Crippen LogP contribution is -2.49. The largest absolute Gasteiger partial charge is 0.471 e. The Kier molecular flexibility index (Phi) is 9.31. The van der Waals surface area contributed by atoms with Crippen LogP contribution in [0.3, 0.4) is 0 Å². The molecule has 0 aliphatic carbocycles. The molecule has 0 saturated heterocycles. The fraction of sp³-hybridized carbons (Fsp3) is 0.444. The molecule has 3 rings (SSSR count). The minimum Gasteiger partial charge on any atom is -0.338 e. The number of nitrogens with zero attached hydrogens (tertiary/aromatic N) is 4. The molecule has 0 bridgehead atoms. The number of anilines is 1. The lowest BCUT2D eigenvalue weighted by Gasteiger charge is -2.34. The van der Waals surface area contributed by atoms with Crippen molar-refractivity contribution in [3.63, 3.8) is 0 Å². The molecule has 0 atom stereocenters. The summed E-state index contributed by atoms with van der Waals surface area (Å²) < 4.78 is 41.2. The zero-order chi connectivity index (χ0) is 27.2. The molecule has 10 heteroatoms. The maximum atomic E-state index is 13.7. The maximum absolute atomic E-state index is 13.7. The first-order chi connectivity index (χ1) is 17.5. The van der Waals surface area contributed by atoms with Crippen LogP contribution >= 0.6 is 0 Å². The van der Waals surface area contributed by atoms with Crippen LogP contribution in [0.15, 0.2) is 48.5 Å². The highest BCUT2D eigenvalue weighted by Crippen LogP contribution is 2.32. The monoisotopic (exact) mass is 518 g/mol. The van der Waals surface area contributed by atoms with Crippen LogP contribution in [0.1, 0.15) is 30.0 Å². The van der Waals surface area contributed by atoms with Crippen LogP contribution in [0.25, 0.3) is 0 Å². The van der Waals surface area contributed by atoms with Gasteiger partial charge in [0.15, 0.2) is 0 Å². The number of likely N-dealkylation sites (N-methyl/N-ethyl adjacent to an activating group) is 1. The summed E-state index contributed by atoms with van der Waals surface area (Å²) in [4.78, 5) is 43.8. The van der Waals surface area contributed by atoms with Crippen molar-refractivity contribution >= 4 is 23.4 Å². The number of carbonyl (C=O) groups excluding carboxylic acids is 3. The second-order valence-electron chi connectivity index (χ2n) is 9.33. The fourth-order valence-corrected chi connectivity index (χ4v) is 4.32. The molecule has 0 radical (unpaired) electrons. The van der Waals surface area contributed by atoms with E-state index in [0.29, 0.717) is 30.0 Å². The van der Waals surface area contributed by atoms with Crippen LogP contribution in [-0.2, 0) is 33.9 Å². The predicted octanol–water partition coefficient (Wildman–Crippen LogP) is 3.47. The quantitative estimate of drug-likeness (QED) is 0.510. The molecule has 0 fully saturated rings. The van der Waals surface area contributed by atoms with E-state index in [1.54, 1.807) is 24.0 Å². The van der Waals surface area contributed by atoms with Gasteiger partial charge >= 0.3 is 12.1 Å². The molecule has 3 amide bonds. The van der Waals surface area contributed by atoms with E-state index in [4.69, 9.17) is 0 Å². The number of fused-ring (bicyclic) bond motifs is 1. The summed E-state index contributed by atoms with van der Waals surface area (Å²) in [5.74, 6) is -2.83. The molecule has 2 aromatic carbocycles. The van der Waals surface area contributed by atoms with E-state index in [1.807, 2.05) is 49.3 Å². The van der Waals surface area contributed by atoms with Crippen molar-refractivity contribution < 1.29 is 27.6 Å². The molecule has 0 unspecified atom stereocenters. The van der Waals surface area contributed by atoms with Crippen LogP contribution < -0.4 is 4.90 Å². The predicted molar refractivity (Wildman–Crippen MR) is 135 cm³/mol. The minimum absolute atomic E-state index is 0.00838. The second kappa shape index (κ2) is 12.2. The maximum Gasteiger partial charge on any atom is 0.471 e. The molecule has 7 nitrogen and oxygen atoms in total. The van der Waals surface area contributed by atoms with Gasteiger partial charge in [-0.2, -0.15) is 13.2 Å². The summed E-state index contributed by atoms with van der Waals surface area (Å²) in [7, 11) is 3.68. The van der Waals surface area contributed by atoms with Crippen molar-refractivity contribution in [2.45, 2.75) is 39.0 Å². The summed E-state index contributed by atoms with van der Waals surface area (Å²) in [6.07, 6.45) is -4.45. The van der Waals surface area contributed by atoms with Crippen LogP contribution in [0, 0.1) is 0 Å². The molecule has 37 heavy (non-hydrogen) atoms. The Labute approximate surface area is 215 Å². The van der Waals surface area contributed by atoms with Crippen LogP contribution in [0.2, 0.25) is 0 Å². The number of halogens is 3. The van der Waals surface area contributed by atoms with Crippen molar-refractivity contribution in [2.24, 2.45) is 0 Å². The standard InChI is InChI=1S/C27H33F3N4O3/c1-4-24(35)32-14-13-21-11-8-12-23(22(21)18-32)34(26(37)27(28,29)30)19-25(36)33(16-15-31(2)3)17-20-9-6-5-7-10-20/h5-12H,4,13-19H2,1-3H3.